The number of nitrogen functional groups attached to an aromatic ring is 1. The minimum atomic E-state index is -0.142. The standard InChI is InChI=1S/C22H22N6O2/c23-21-20-18(10-12-25-21)27(15-5-4-11-24-13-15)22(29)28(20)16-8-9-19(26-14-16)30-17-6-2-1-3-7-17/h1-3,6-10,12,14-15,24H,4-5,11,13H2,(H2,23,25). The fourth-order valence-electron chi connectivity index (χ4n) is 4.01. The predicted molar refractivity (Wildman–Crippen MR) is 115 cm³/mol. The highest BCUT2D eigenvalue weighted by molar-refractivity contribution is 5.87. The second kappa shape index (κ2) is 7.64. The fourth-order valence-corrected chi connectivity index (χ4v) is 4.01. The number of rotatable bonds is 4. The summed E-state index contributed by atoms with van der Waals surface area (Å²) < 4.78 is 9.18. The quantitative estimate of drug-likeness (QED) is 0.544. The van der Waals surface area contributed by atoms with Gasteiger partial charge in [-0.3, -0.25) is 9.13 Å². The highest BCUT2D eigenvalue weighted by Gasteiger charge is 2.24. The van der Waals surface area contributed by atoms with E-state index in [4.69, 9.17) is 10.5 Å². The third-order valence-corrected chi connectivity index (χ3v) is 5.39. The number of nitrogens with two attached hydrogens (primary N) is 1. The van der Waals surface area contributed by atoms with Crippen LogP contribution in [0.2, 0.25) is 0 Å². The SMILES string of the molecule is Nc1nccc2c1n(-c1ccc(Oc3ccccc3)nc1)c(=O)n2C1CCCNC1. The molecule has 0 saturated carbocycles. The molecule has 1 aromatic carbocycles. The Hall–Kier alpha value is -3.65. The Kier molecular flexibility index (Phi) is 4.68. The Morgan fingerprint density at radius 1 is 1.10 bits per heavy atom. The first-order valence-corrected chi connectivity index (χ1v) is 10.00. The van der Waals surface area contributed by atoms with E-state index in [0.29, 0.717) is 28.7 Å². The highest BCUT2D eigenvalue weighted by Crippen LogP contribution is 2.27. The maximum atomic E-state index is 13.5. The number of hydrogen-bond donors (Lipinski definition) is 2. The number of anilines is 1. The first-order valence-electron chi connectivity index (χ1n) is 10.00. The van der Waals surface area contributed by atoms with Crippen molar-refractivity contribution in [1.29, 1.82) is 0 Å². The van der Waals surface area contributed by atoms with E-state index >= 15 is 0 Å². The number of aromatic nitrogens is 4. The van der Waals surface area contributed by atoms with Gasteiger partial charge in [0.15, 0.2) is 0 Å². The van der Waals surface area contributed by atoms with Gasteiger partial charge in [-0.15, -0.1) is 0 Å². The Bertz CT molecular complexity index is 1220. The molecule has 1 atom stereocenters. The molecule has 1 aliphatic rings. The van der Waals surface area contributed by atoms with Gasteiger partial charge in [0, 0.05) is 18.8 Å². The predicted octanol–water partition coefficient (Wildman–Crippen LogP) is 2.88. The second-order valence-electron chi connectivity index (χ2n) is 7.32. The number of pyridine rings is 2. The molecular weight excluding hydrogens is 380 g/mol. The number of piperidine rings is 1. The Morgan fingerprint density at radius 2 is 1.97 bits per heavy atom. The Balaban J connectivity index is 1.59. The van der Waals surface area contributed by atoms with Gasteiger partial charge in [-0.1, -0.05) is 18.2 Å². The molecule has 8 heteroatoms. The lowest BCUT2D eigenvalue weighted by Gasteiger charge is -2.23. The highest BCUT2D eigenvalue weighted by atomic mass is 16.5. The molecule has 4 heterocycles. The van der Waals surface area contributed by atoms with Gasteiger partial charge in [-0.25, -0.2) is 14.8 Å². The van der Waals surface area contributed by atoms with Gasteiger partial charge in [-0.2, -0.15) is 0 Å². The number of fused-ring (bicyclic) bond motifs is 1. The van der Waals surface area contributed by atoms with Crippen molar-refractivity contribution < 1.29 is 4.74 Å². The molecule has 1 unspecified atom stereocenters. The average molecular weight is 402 g/mol. The summed E-state index contributed by atoms with van der Waals surface area (Å²) in [5.41, 5.74) is 8.06. The van der Waals surface area contributed by atoms with E-state index in [0.717, 1.165) is 31.4 Å². The third-order valence-electron chi connectivity index (χ3n) is 5.39. The van der Waals surface area contributed by atoms with E-state index < -0.39 is 0 Å². The zero-order valence-corrected chi connectivity index (χ0v) is 16.4. The van der Waals surface area contributed by atoms with Crippen molar-refractivity contribution in [3.63, 3.8) is 0 Å². The van der Waals surface area contributed by atoms with Crippen LogP contribution in [0.4, 0.5) is 5.82 Å². The van der Waals surface area contributed by atoms with Crippen LogP contribution in [0.3, 0.4) is 0 Å². The topological polar surface area (TPSA) is 100.0 Å². The summed E-state index contributed by atoms with van der Waals surface area (Å²) in [6.45, 7) is 1.73. The van der Waals surface area contributed by atoms with Gasteiger partial charge in [0.2, 0.25) is 5.88 Å². The summed E-state index contributed by atoms with van der Waals surface area (Å²) in [6, 6.07) is 14.9. The summed E-state index contributed by atoms with van der Waals surface area (Å²) in [5, 5.41) is 3.37. The molecule has 152 valence electrons. The number of nitrogens with one attached hydrogen (secondary N) is 1. The largest absolute Gasteiger partial charge is 0.439 e. The van der Waals surface area contributed by atoms with Crippen molar-refractivity contribution in [2.24, 2.45) is 0 Å². The lowest BCUT2D eigenvalue weighted by molar-refractivity contribution is 0.370. The number of benzene rings is 1. The molecule has 8 nitrogen and oxygen atoms in total. The van der Waals surface area contributed by atoms with Gasteiger partial charge >= 0.3 is 5.69 Å². The van der Waals surface area contributed by atoms with E-state index in [2.05, 4.69) is 15.3 Å². The van der Waals surface area contributed by atoms with Crippen LogP contribution < -0.4 is 21.5 Å². The molecule has 1 saturated heterocycles. The summed E-state index contributed by atoms with van der Waals surface area (Å²) >= 11 is 0. The maximum absolute atomic E-state index is 13.5. The minimum Gasteiger partial charge on any atom is -0.439 e. The lowest BCUT2D eigenvalue weighted by Crippen LogP contribution is -2.36. The summed E-state index contributed by atoms with van der Waals surface area (Å²) in [4.78, 5) is 22.1. The molecule has 0 radical (unpaired) electrons. The van der Waals surface area contributed by atoms with E-state index in [1.807, 2.05) is 47.0 Å². The molecule has 3 N–H and O–H groups in total. The van der Waals surface area contributed by atoms with E-state index in [-0.39, 0.29) is 11.7 Å². The molecule has 0 amide bonds. The normalized spacial score (nSPS) is 16.6. The number of nitrogens with zero attached hydrogens (tertiary/aromatic N) is 4. The number of para-hydroxylation sites is 1. The number of imidazole rings is 1. The molecule has 4 aromatic rings. The van der Waals surface area contributed by atoms with Crippen molar-refractivity contribution in [1.82, 2.24) is 24.4 Å². The molecule has 3 aromatic heterocycles. The van der Waals surface area contributed by atoms with Crippen molar-refractivity contribution in [2.75, 3.05) is 18.8 Å². The van der Waals surface area contributed by atoms with Crippen molar-refractivity contribution in [3.05, 3.63) is 71.4 Å². The molecule has 30 heavy (non-hydrogen) atoms. The molecular formula is C22H22N6O2. The van der Waals surface area contributed by atoms with Gasteiger partial charge in [0.25, 0.3) is 0 Å². The zero-order valence-electron chi connectivity index (χ0n) is 16.4. The fraction of sp³-hybridized carbons (Fsp3) is 0.227. The average Bonchev–Trinajstić information content (AvgIpc) is 3.09. The number of hydrogen-bond acceptors (Lipinski definition) is 6. The van der Waals surface area contributed by atoms with Crippen LogP contribution in [0, 0.1) is 0 Å². The van der Waals surface area contributed by atoms with Crippen LogP contribution >= 0.6 is 0 Å². The van der Waals surface area contributed by atoms with Gasteiger partial charge < -0.3 is 15.8 Å². The monoisotopic (exact) mass is 402 g/mol. The van der Waals surface area contributed by atoms with E-state index in [1.54, 1.807) is 23.0 Å². The molecule has 5 rings (SSSR count). The summed E-state index contributed by atoms with van der Waals surface area (Å²) in [5.74, 6) is 1.46. The molecule has 0 aliphatic carbocycles. The molecule has 1 fully saturated rings. The summed E-state index contributed by atoms with van der Waals surface area (Å²) in [6.07, 6.45) is 5.23. The van der Waals surface area contributed by atoms with Crippen LogP contribution in [-0.2, 0) is 0 Å². The molecule has 1 aliphatic heterocycles. The van der Waals surface area contributed by atoms with Crippen molar-refractivity contribution in [3.8, 4) is 17.3 Å². The van der Waals surface area contributed by atoms with Crippen LogP contribution in [-0.4, -0.2) is 32.2 Å². The zero-order chi connectivity index (χ0) is 20.5. The van der Waals surface area contributed by atoms with Crippen molar-refractivity contribution in [2.45, 2.75) is 18.9 Å². The summed E-state index contributed by atoms with van der Waals surface area (Å²) in [7, 11) is 0. The van der Waals surface area contributed by atoms with E-state index in [9.17, 15) is 4.79 Å². The smallest absolute Gasteiger partial charge is 0.334 e. The first-order chi connectivity index (χ1) is 14.7. The molecule has 0 spiro atoms. The lowest BCUT2D eigenvalue weighted by atomic mass is 10.1. The Labute approximate surface area is 172 Å². The Morgan fingerprint density at radius 3 is 2.70 bits per heavy atom. The third kappa shape index (κ3) is 3.21. The van der Waals surface area contributed by atoms with Crippen LogP contribution in [0.1, 0.15) is 18.9 Å². The second-order valence-corrected chi connectivity index (χ2v) is 7.32. The minimum absolute atomic E-state index is 0.0745. The maximum Gasteiger partial charge on any atom is 0.334 e. The van der Waals surface area contributed by atoms with Crippen molar-refractivity contribution >= 4 is 16.9 Å². The number of ether oxygens (including phenoxy) is 1. The van der Waals surface area contributed by atoms with Crippen LogP contribution in [0.5, 0.6) is 11.6 Å². The van der Waals surface area contributed by atoms with Crippen LogP contribution in [0.15, 0.2) is 65.7 Å². The van der Waals surface area contributed by atoms with E-state index in [1.165, 1.54) is 0 Å². The molecule has 0 bridgehead atoms. The van der Waals surface area contributed by atoms with Gasteiger partial charge in [0.1, 0.15) is 17.1 Å². The van der Waals surface area contributed by atoms with Gasteiger partial charge in [-0.05, 0) is 43.7 Å². The van der Waals surface area contributed by atoms with Gasteiger partial charge in [0.05, 0.1) is 23.4 Å². The van der Waals surface area contributed by atoms with Crippen LogP contribution in [0.25, 0.3) is 16.7 Å². The first kappa shape index (κ1) is 18.4.